The zero-order valence-corrected chi connectivity index (χ0v) is 8.51. The molecule has 1 fully saturated rings. The van der Waals surface area contributed by atoms with E-state index in [9.17, 15) is 14.4 Å². The van der Waals surface area contributed by atoms with Crippen LogP contribution in [0.2, 0.25) is 0 Å². The van der Waals surface area contributed by atoms with E-state index in [1.54, 1.807) is 0 Å². The van der Waals surface area contributed by atoms with E-state index in [-0.39, 0.29) is 6.29 Å². The number of hydroxylamine groups is 2. The molecule has 0 aromatic rings. The van der Waals surface area contributed by atoms with Crippen molar-refractivity contribution in [2.75, 3.05) is 26.2 Å². The van der Waals surface area contributed by atoms with E-state index in [2.05, 4.69) is 5.32 Å². The highest BCUT2D eigenvalue weighted by molar-refractivity contribution is 6.10. The number of aliphatic carboxylic acids is 1. The number of rotatable bonds is 4. The molecule has 16 heavy (non-hydrogen) atoms. The molecule has 1 rings (SSSR count). The summed E-state index contributed by atoms with van der Waals surface area (Å²) in [5.41, 5.74) is -0.625. The van der Waals surface area contributed by atoms with Gasteiger partial charge >= 0.3 is 11.9 Å². The minimum atomic E-state index is -1.45. The largest absolute Gasteiger partial charge is 0.478 e. The number of hydrogen-bond acceptors (Lipinski definition) is 6. The van der Waals surface area contributed by atoms with Crippen LogP contribution in [0.15, 0.2) is 11.6 Å². The van der Waals surface area contributed by atoms with Gasteiger partial charge in [-0.15, -0.1) is 5.06 Å². The molecule has 2 N–H and O–H groups in total. The number of carbonyl (C=O) groups is 3. The van der Waals surface area contributed by atoms with Gasteiger partial charge < -0.3 is 15.3 Å². The van der Waals surface area contributed by atoms with E-state index < -0.39 is 17.5 Å². The second-order valence-electron chi connectivity index (χ2n) is 3.11. The lowest BCUT2D eigenvalue weighted by molar-refractivity contribution is -0.186. The minimum Gasteiger partial charge on any atom is -0.478 e. The van der Waals surface area contributed by atoms with Crippen LogP contribution < -0.4 is 5.32 Å². The van der Waals surface area contributed by atoms with Gasteiger partial charge in [0.25, 0.3) is 0 Å². The molecule has 7 heteroatoms. The summed E-state index contributed by atoms with van der Waals surface area (Å²) >= 11 is 0. The summed E-state index contributed by atoms with van der Waals surface area (Å²) in [5, 5.41) is 13.0. The van der Waals surface area contributed by atoms with Crippen molar-refractivity contribution in [3.8, 4) is 0 Å². The van der Waals surface area contributed by atoms with Crippen molar-refractivity contribution in [1.82, 2.24) is 10.4 Å². The van der Waals surface area contributed by atoms with Gasteiger partial charge in [-0.25, -0.2) is 9.59 Å². The number of nitrogens with zero attached hydrogens (tertiary/aromatic N) is 1. The van der Waals surface area contributed by atoms with Crippen molar-refractivity contribution in [2.24, 2.45) is 0 Å². The van der Waals surface area contributed by atoms with Crippen LogP contribution in [-0.4, -0.2) is 54.6 Å². The Kier molecular flexibility index (Phi) is 4.62. The van der Waals surface area contributed by atoms with Crippen LogP contribution >= 0.6 is 0 Å². The van der Waals surface area contributed by atoms with Gasteiger partial charge in [0.15, 0.2) is 6.29 Å². The van der Waals surface area contributed by atoms with E-state index in [4.69, 9.17) is 9.94 Å². The summed E-state index contributed by atoms with van der Waals surface area (Å²) in [7, 11) is 0. The zero-order valence-electron chi connectivity index (χ0n) is 8.51. The van der Waals surface area contributed by atoms with E-state index in [1.807, 2.05) is 0 Å². The van der Waals surface area contributed by atoms with Crippen LogP contribution in [0.4, 0.5) is 0 Å². The Bertz CT molecular complexity index is 320. The van der Waals surface area contributed by atoms with Crippen molar-refractivity contribution in [1.29, 1.82) is 0 Å². The molecule has 1 heterocycles. The van der Waals surface area contributed by atoms with Crippen molar-refractivity contribution in [2.45, 2.75) is 0 Å². The predicted octanol–water partition coefficient (Wildman–Crippen LogP) is -1.44. The summed E-state index contributed by atoms with van der Waals surface area (Å²) in [6, 6.07) is 0. The Morgan fingerprint density at radius 3 is 2.44 bits per heavy atom. The molecule has 88 valence electrons. The lowest BCUT2D eigenvalue weighted by atomic mass is 10.3. The highest BCUT2D eigenvalue weighted by Gasteiger charge is 2.15. The van der Waals surface area contributed by atoms with Gasteiger partial charge in [0.1, 0.15) is 5.57 Å². The van der Waals surface area contributed by atoms with Gasteiger partial charge in [-0.2, -0.15) is 0 Å². The normalized spacial score (nSPS) is 17.9. The maximum atomic E-state index is 11.2. The van der Waals surface area contributed by atoms with Crippen LogP contribution in [0.5, 0.6) is 0 Å². The first-order valence-corrected chi connectivity index (χ1v) is 4.71. The molecular weight excluding hydrogens is 216 g/mol. The van der Waals surface area contributed by atoms with Gasteiger partial charge in [-0.05, 0) is 0 Å². The molecule has 0 saturated carbocycles. The Labute approximate surface area is 91.6 Å². The average molecular weight is 228 g/mol. The first-order chi connectivity index (χ1) is 7.63. The van der Waals surface area contributed by atoms with E-state index in [0.717, 1.165) is 0 Å². The molecule has 0 radical (unpaired) electrons. The highest BCUT2D eigenvalue weighted by Crippen LogP contribution is 1.97. The summed E-state index contributed by atoms with van der Waals surface area (Å²) in [5.74, 6) is -2.31. The van der Waals surface area contributed by atoms with Gasteiger partial charge in [0.05, 0.1) is 0 Å². The predicted molar refractivity (Wildman–Crippen MR) is 52.3 cm³/mol. The number of carboxylic acid groups (broad SMARTS) is 1. The van der Waals surface area contributed by atoms with Crippen LogP contribution in [-0.2, 0) is 19.2 Å². The number of carboxylic acids is 1. The second-order valence-corrected chi connectivity index (χ2v) is 3.11. The fourth-order valence-electron chi connectivity index (χ4n) is 1.16. The van der Waals surface area contributed by atoms with Gasteiger partial charge in [0.2, 0.25) is 0 Å². The van der Waals surface area contributed by atoms with Crippen molar-refractivity contribution in [3.63, 3.8) is 0 Å². The molecule has 0 aromatic heterocycles. The molecule has 0 aliphatic carbocycles. The second kappa shape index (κ2) is 5.99. The van der Waals surface area contributed by atoms with Crippen molar-refractivity contribution in [3.05, 3.63) is 11.6 Å². The smallest absolute Gasteiger partial charge is 0.350 e. The fraction of sp³-hybridized carbons (Fsp3) is 0.444. The van der Waals surface area contributed by atoms with Gasteiger partial charge in [-0.1, -0.05) is 0 Å². The lowest BCUT2D eigenvalue weighted by Gasteiger charge is -2.24. The molecule has 1 aliphatic rings. The third-order valence-electron chi connectivity index (χ3n) is 1.94. The SMILES string of the molecule is O=C/C(=C/C(=O)ON1CCNCC1)C(=O)O. The summed E-state index contributed by atoms with van der Waals surface area (Å²) < 4.78 is 0. The molecule has 0 bridgehead atoms. The van der Waals surface area contributed by atoms with Crippen LogP contribution in [0.1, 0.15) is 0 Å². The first-order valence-electron chi connectivity index (χ1n) is 4.71. The molecule has 1 saturated heterocycles. The third-order valence-corrected chi connectivity index (χ3v) is 1.94. The summed E-state index contributed by atoms with van der Waals surface area (Å²) in [4.78, 5) is 36.8. The molecule has 0 unspecified atom stereocenters. The van der Waals surface area contributed by atoms with E-state index in [0.29, 0.717) is 32.3 Å². The maximum absolute atomic E-state index is 11.2. The van der Waals surface area contributed by atoms with Crippen LogP contribution in [0, 0.1) is 0 Å². The lowest BCUT2D eigenvalue weighted by Crippen LogP contribution is -2.44. The fourth-order valence-corrected chi connectivity index (χ4v) is 1.16. The molecule has 0 spiro atoms. The molecule has 0 amide bonds. The molecule has 1 aliphatic heterocycles. The van der Waals surface area contributed by atoms with Crippen molar-refractivity contribution < 1.29 is 24.3 Å². The van der Waals surface area contributed by atoms with Crippen LogP contribution in [0.25, 0.3) is 0 Å². The highest BCUT2D eigenvalue weighted by atomic mass is 16.7. The summed E-state index contributed by atoms with van der Waals surface area (Å²) in [6.07, 6.45) is 0.763. The Hall–Kier alpha value is -1.73. The number of hydrogen-bond donors (Lipinski definition) is 2. The van der Waals surface area contributed by atoms with E-state index in [1.165, 1.54) is 5.06 Å². The zero-order chi connectivity index (χ0) is 12.0. The molecule has 7 nitrogen and oxygen atoms in total. The molecular formula is C9H12N2O5. The molecule has 0 atom stereocenters. The average Bonchev–Trinajstić information content (AvgIpc) is 2.27. The van der Waals surface area contributed by atoms with Crippen molar-refractivity contribution >= 4 is 18.2 Å². The molecule has 0 aromatic carbocycles. The van der Waals surface area contributed by atoms with E-state index >= 15 is 0 Å². The number of carbonyl (C=O) groups excluding carboxylic acids is 2. The van der Waals surface area contributed by atoms with Crippen LogP contribution in [0.3, 0.4) is 0 Å². The Morgan fingerprint density at radius 2 is 1.94 bits per heavy atom. The quantitative estimate of drug-likeness (QED) is 0.263. The first kappa shape index (κ1) is 12.3. The third kappa shape index (κ3) is 3.79. The maximum Gasteiger partial charge on any atom is 0.350 e. The number of aldehydes is 1. The van der Waals surface area contributed by atoms with Gasteiger partial charge in [0, 0.05) is 32.3 Å². The van der Waals surface area contributed by atoms with Gasteiger partial charge in [-0.3, -0.25) is 4.79 Å². The number of piperazine rings is 1. The topological polar surface area (TPSA) is 95.9 Å². The summed E-state index contributed by atoms with van der Waals surface area (Å²) in [6.45, 7) is 2.44. The Balaban J connectivity index is 2.50. The standard InChI is InChI=1S/C9H12N2O5/c12-6-7(9(14)15)5-8(13)16-11-3-1-10-2-4-11/h5-6,10H,1-4H2,(H,14,15)/b7-5-. The number of nitrogens with one attached hydrogen (secondary N) is 1. The monoisotopic (exact) mass is 228 g/mol. The Morgan fingerprint density at radius 1 is 1.31 bits per heavy atom. The minimum absolute atomic E-state index is 0.0986.